The Labute approximate surface area is 142 Å². The lowest BCUT2D eigenvalue weighted by Crippen LogP contribution is -2.34. The zero-order valence-electron chi connectivity index (χ0n) is 14.1. The van der Waals surface area contributed by atoms with E-state index in [1.165, 1.54) is 11.8 Å². The molecule has 2 aromatic heterocycles. The van der Waals surface area contributed by atoms with Crippen LogP contribution in [0, 0.1) is 6.92 Å². The van der Waals surface area contributed by atoms with Crippen LogP contribution in [0.5, 0.6) is 0 Å². The number of thiophene rings is 1. The second-order valence-corrected chi connectivity index (χ2v) is 7.10. The molecule has 0 aromatic carbocycles. The SMILES string of the molecule is Cc1c(C(=O)O[C@H](C)C(=O)N(C)C)sc2nc3n(c(=O)c12)CCC3. The molecule has 0 unspecified atom stereocenters. The maximum atomic E-state index is 12.6. The lowest BCUT2D eigenvalue weighted by Gasteiger charge is -2.16. The fraction of sp³-hybridized carbons (Fsp3) is 0.500. The maximum Gasteiger partial charge on any atom is 0.349 e. The van der Waals surface area contributed by atoms with Crippen molar-refractivity contribution in [3.8, 4) is 0 Å². The topological polar surface area (TPSA) is 81.5 Å². The number of hydrogen-bond acceptors (Lipinski definition) is 6. The molecule has 2 aromatic rings. The van der Waals surface area contributed by atoms with E-state index in [9.17, 15) is 14.4 Å². The highest BCUT2D eigenvalue weighted by molar-refractivity contribution is 7.20. The summed E-state index contributed by atoms with van der Waals surface area (Å²) in [7, 11) is 3.20. The van der Waals surface area contributed by atoms with Gasteiger partial charge in [-0.2, -0.15) is 0 Å². The number of aromatic nitrogens is 2. The fourth-order valence-corrected chi connectivity index (χ4v) is 3.97. The largest absolute Gasteiger partial charge is 0.448 e. The molecule has 1 amide bonds. The molecule has 1 atom stereocenters. The summed E-state index contributed by atoms with van der Waals surface area (Å²) in [5, 5.41) is 0.476. The summed E-state index contributed by atoms with van der Waals surface area (Å²) in [4.78, 5) is 43.7. The summed E-state index contributed by atoms with van der Waals surface area (Å²) in [5.41, 5.74) is 0.474. The van der Waals surface area contributed by atoms with Gasteiger partial charge in [0.15, 0.2) is 6.10 Å². The van der Waals surface area contributed by atoms with Gasteiger partial charge in [0, 0.05) is 27.1 Å². The molecule has 0 fully saturated rings. The maximum absolute atomic E-state index is 12.6. The van der Waals surface area contributed by atoms with Crippen LogP contribution >= 0.6 is 11.3 Å². The van der Waals surface area contributed by atoms with Crippen LogP contribution in [0.2, 0.25) is 0 Å². The monoisotopic (exact) mass is 349 g/mol. The molecule has 0 bridgehead atoms. The van der Waals surface area contributed by atoms with E-state index >= 15 is 0 Å². The average molecular weight is 349 g/mol. The van der Waals surface area contributed by atoms with Crippen LogP contribution in [-0.2, 0) is 22.5 Å². The van der Waals surface area contributed by atoms with E-state index in [1.807, 2.05) is 0 Å². The number of likely N-dealkylation sites (N-methyl/N-ethyl adjacent to an activating group) is 1. The number of rotatable bonds is 3. The number of ether oxygens (including phenoxy) is 1. The molecule has 128 valence electrons. The van der Waals surface area contributed by atoms with Gasteiger partial charge in [0.25, 0.3) is 11.5 Å². The molecular weight excluding hydrogens is 330 g/mol. The van der Waals surface area contributed by atoms with Crippen molar-refractivity contribution < 1.29 is 14.3 Å². The molecule has 24 heavy (non-hydrogen) atoms. The van der Waals surface area contributed by atoms with Gasteiger partial charge in [-0.1, -0.05) is 0 Å². The van der Waals surface area contributed by atoms with Gasteiger partial charge in [0.05, 0.1) is 5.39 Å². The standard InChI is InChI=1S/C16H19N3O4S/c1-8-11-13(17-10-6-5-7-19(10)15(11)21)24-12(8)16(22)23-9(2)14(20)18(3)4/h9H,5-7H2,1-4H3/t9-/m1/s1. The minimum absolute atomic E-state index is 0.0993. The van der Waals surface area contributed by atoms with Gasteiger partial charge < -0.3 is 9.64 Å². The molecule has 7 nitrogen and oxygen atoms in total. The van der Waals surface area contributed by atoms with Crippen LogP contribution < -0.4 is 5.56 Å². The number of fused-ring (bicyclic) bond motifs is 2. The predicted molar refractivity (Wildman–Crippen MR) is 90.5 cm³/mol. The van der Waals surface area contributed by atoms with E-state index < -0.39 is 12.1 Å². The molecule has 0 N–H and O–H groups in total. The van der Waals surface area contributed by atoms with Crippen molar-refractivity contribution >= 4 is 33.4 Å². The summed E-state index contributed by atoms with van der Waals surface area (Å²) < 4.78 is 6.93. The van der Waals surface area contributed by atoms with Crippen LogP contribution in [0.15, 0.2) is 4.79 Å². The van der Waals surface area contributed by atoms with Crippen molar-refractivity contribution in [1.29, 1.82) is 0 Å². The highest BCUT2D eigenvalue weighted by atomic mass is 32.1. The quantitative estimate of drug-likeness (QED) is 0.781. The third kappa shape index (κ3) is 2.60. The predicted octanol–water partition coefficient (Wildman–Crippen LogP) is 1.35. The second-order valence-electron chi connectivity index (χ2n) is 6.10. The summed E-state index contributed by atoms with van der Waals surface area (Å²) in [6, 6.07) is 0. The van der Waals surface area contributed by atoms with E-state index in [4.69, 9.17) is 4.74 Å². The second kappa shape index (κ2) is 6.01. The van der Waals surface area contributed by atoms with Crippen molar-refractivity contribution in [1.82, 2.24) is 14.5 Å². The Bertz CT molecular complexity index is 897. The summed E-state index contributed by atoms with van der Waals surface area (Å²) >= 11 is 1.15. The lowest BCUT2D eigenvalue weighted by atomic mass is 10.2. The van der Waals surface area contributed by atoms with Crippen LogP contribution in [0.3, 0.4) is 0 Å². The first-order chi connectivity index (χ1) is 11.3. The Morgan fingerprint density at radius 1 is 1.38 bits per heavy atom. The number of nitrogens with zero attached hydrogens (tertiary/aromatic N) is 3. The molecule has 0 radical (unpaired) electrons. The normalized spacial score (nSPS) is 14.5. The van der Waals surface area contributed by atoms with Gasteiger partial charge in [-0.05, 0) is 25.8 Å². The van der Waals surface area contributed by atoms with Gasteiger partial charge in [0.1, 0.15) is 15.5 Å². The number of esters is 1. The van der Waals surface area contributed by atoms with E-state index in [2.05, 4.69) is 4.98 Å². The molecule has 0 saturated carbocycles. The third-order valence-corrected chi connectivity index (χ3v) is 5.33. The van der Waals surface area contributed by atoms with Crippen molar-refractivity contribution in [3.63, 3.8) is 0 Å². The molecule has 1 aliphatic heterocycles. The number of carbonyl (C=O) groups excluding carboxylic acids is 2. The lowest BCUT2D eigenvalue weighted by molar-refractivity contribution is -0.137. The van der Waals surface area contributed by atoms with Gasteiger partial charge >= 0.3 is 5.97 Å². The first kappa shape index (κ1) is 16.6. The van der Waals surface area contributed by atoms with Gasteiger partial charge in [0.2, 0.25) is 0 Å². The molecule has 8 heteroatoms. The van der Waals surface area contributed by atoms with E-state index in [0.717, 1.165) is 30.0 Å². The fourth-order valence-electron chi connectivity index (χ4n) is 2.90. The molecular formula is C16H19N3O4S. The first-order valence-corrected chi connectivity index (χ1v) is 8.58. The molecule has 0 aliphatic carbocycles. The number of amides is 1. The van der Waals surface area contributed by atoms with Crippen LogP contribution in [0.1, 0.15) is 34.4 Å². The molecule has 3 rings (SSSR count). The van der Waals surface area contributed by atoms with Gasteiger partial charge in [-0.15, -0.1) is 11.3 Å². The Morgan fingerprint density at radius 3 is 2.75 bits per heavy atom. The molecule has 1 aliphatic rings. The van der Waals surface area contributed by atoms with Crippen molar-refractivity contribution in [3.05, 3.63) is 26.6 Å². The van der Waals surface area contributed by atoms with E-state index in [-0.39, 0.29) is 11.5 Å². The number of hydrogen-bond donors (Lipinski definition) is 0. The van der Waals surface area contributed by atoms with Crippen LogP contribution in [0.4, 0.5) is 0 Å². The Kier molecular flexibility index (Phi) is 4.16. The zero-order valence-corrected chi connectivity index (χ0v) is 14.9. The minimum Gasteiger partial charge on any atom is -0.448 e. The Hall–Kier alpha value is -2.22. The summed E-state index contributed by atoms with van der Waals surface area (Å²) in [6.07, 6.45) is 0.810. The Balaban J connectivity index is 1.98. The van der Waals surface area contributed by atoms with Crippen molar-refractivity contribution in [2.75, 3.05) is 14.1 Å². The van der Waals surface area contributed by atoms with Gasteiger partial charge in [-0.3, -0.25) is 14.2 Å². The molecule has 0 spiro atoms. The van der Waals surface area contributed by atoms with Gasteiger partial charge in [-0.25, -0.2) is 9.78 Å². The zero-order chi connectivity index (χ0) is 17.6. The Morgan fingerprint density at radius 2 is 2.08 bits per heavy atom. The highest BCUT2D eigenvalue weighted by Crippen LogP contribution is 2.29. The van der Waals surface area contributed by atoms with Crippen LogP contribution in [-0.4, -0.2) is 46.5 Å². The van der Waals surface area contributed by atoms with E-state index in [0.29, 0.717) is 27.2 Å². The molecule has 3 heterocycles. The first-order valence-electron chi connectivity index (χ1n) is 7.76. The van der Waals surface area contributed by atoms with Crippen molar-refractivity contribution in [2.24, 2.45) is 0 Å². The smallest absolute Gasteiger partial charge is 0.349 e. The number of aryl methyl sites for hydroxylation is 2. The highest BCUT2D eigenvalue weighted by Gasteiger charge is 2.26. The van der Waals surface area contributed by atoms with Crippen molar-refractivity contribution in [2.45, 2.75) is 39.3 Å². The minimum atomic E-state index is -0.879. The van der Waals surface area contributed by atoms with Crippen LogP contribution in [0.25, 0.3) is 10.2 Å². The van der Waals surface area contributed by atoms with E-state index in [1.54, 1.807) is 25.6 Å². The summed E-state index contributed by atoms with van der Waals surface area (Å²) in [5.74, 6) is -0.119. The molecule has 0 saturated heterocycles. The third-order valence-electron chi connectivity index (χ3n) is 4.17. The summed E-state index contributed by atoms with van der Waals surface area (Å²) in [6.45, 7) is 3.92. The average Bonchev–Trinajstić information content (AvgIpc) is 3.11. The number of carbonyl (C=O) groups is 2.